The summed E-state index contributed by atoms with van der Waals surface area (Å²) in [6.45, 7) is 1.69. The number of pyridine rings is 1. The van der Waals surface area contributed by atoms with Crippen LogP contribution in [0.5, 0.6) is 0 Å². The van der Waals surface area contributed by atoms with Gasteiger partial charge in [-0.1, -0.05) is 30.3 Å². The van der Waals surface area contributed by atoms with Crippen molar-refractivity contribution in [3.8, 4) is 0 Å². The fraction of sp³-hybridized carbons (Fsp3) is 0.200. The van der Waals surface area contributed by atoms with E-state index in [0.29, 0.717) is 5.56 Å². The molecule has 0 saturated heterocycles. The van der Waals surface area contributed by atoms with E-state index in [1.165, 1.54) is 0 Å². The third-order valence-corrected chi connectivity index (χ3v) is 2.85. The maximum atomic E-state index is 12.1. The Morgan fingerprint density at radius 2 is 2.05 bits per heavy atom. The molecule has 2 aromatic rings. The highest BCUT2D eigenvalue weighted by Crippen LogP contribution is 2.12. The number of amides is 1. The largest absolute Gasteiger partial charge is 0.394 e. The topological polar surface area (TPSA) is 62.2 Å². The highest BCUT2D eigenvalue weighted by molar-refractivity contribution is 5.94. The Balaban J connectivity index is 2.13. The molecule has 0 bridgehead atoms. The molecule has 0 unspecified atom stereocenters. The Morgan fingerprint density at radius 1 is 1.32 bits per heavy atom. The third kappa shape index (κ3) is 3.39. The summed E-state index contributed by atoms with van der Waals surface area (Å²) in [6, 6.07) is 12.4. The Labute approximate surface area is 112 Å². The lowest BCUT2D eigenvalue weighted by Gasteiger charge is -2.16. The van der Waals surface area contributed by atoms with Crippen molar-refractivity contribution in [3.63, 3.8) is 0 Å². The van der Waals surface area contributed by atoms with Crippen LogP contribution in [0.1, 0.15) is 27.7 Å². The Kier molecular flexibility index (Phi) is 4.26. The summed E-state index contributed by atoms with van der Waals surface area (Å²) in [5.41, 5.74) is 2.21. The lowest BCUT2D eigenvalue weighted by Crippen LogP contribution is -2.30. The second-order valence-electron chi connectivity index (χ2n) is 4.31. The molecule has 2 rings (SSSR count). The molecule has 4 nitrogen and oxygen atoms in total. The summed E-state index contributed by atoms with van der Waals surface area (Å²) in [6.07, 6.45) is 1.60. The van der Waals surface area contributed by atoms with E-state index in [4.69, 9.17) is 0 Å². The number of aliphatic hydroxyl groups excluding tert-OH is 1. The summed E-state index contributed by atoms with van der Waals surface area (Å²) in [4.78, 5) is 16.1. The van der Waals surface area contributed by atoms with E-state index >= 15 is 0 Å². The maximum Gasteiger partial charge on any atom is 0.251 e. The molecule has 0 aliphatic rings. The van der Waals surface area contributed by atoms with Gasteiger partial charge in [-0.05, 0) is 24.6 Å². The van der Waals surface area contributed by atoms with E-state index in [1.54, 1.807) is 18.3 Å². The average molecular weight is 256 g/mol. The number of aromatic nitrogens is 1. The van der Waals surface area contributed by atoms with Crippen LogP contribution in [0.4, 0.5) is 0 Å². The van der Waals surface area contributed by atoms with Crippen LogP contribution in [0.25, 0.3) is 0 Å². The van der Waals surface area contributed by atoms with Crippen molar-refractivity contribution in [2.75, 3.05) is 6.61 Å². The number of aryl methyl sites for hydroxylation is 1. The molecular formula is C15H16N2O2. The fourth-order valence-corrected chi connectivity index (χ4v) is 1.85. The minimum atomic E-state index is -0.401. The second kappa shape index (κ2) is 6.11. The van der Waals surface area contributed by atoms with Gasteiger partial charge >= 0.3 is 0 Å². The molecule has 1 aromatic carbocycles. The summed E-state index contributed by atoms with van der Waals surface area (Å²) >= 11 is 0. The molecule has 0 fully saturated rings. The molecule has 0 aliphatic heterocycles. The van der Waals surface area contributed by atoms with Crippen LogP contribution in [-0.2, 0) is 0 Å². The third-order valence-electron chi connectivity index (χ3n) is 2.85. The standard InChI is InChI=1S/C15H16N2O2/c1-11-9-13(7-8-16-11)15(19)17-14(10-18)12-5-3-2-4-6-12/h2-9,14,18H,10H2,1H3,(H,17,19)/t14-/m1/s1. The number of rotatable bonds is 4. The first kappa shape index (κ1) is 13.2. The zero-order valence-corrected chi connectivity index (χ0v) is 10.7. The first-order valence-corrected chi connectivity index (χ1v) is 6.10. The average Bonchev–Trinajstić information content (AvgIpc) is 2.45. The van der Waals surface area contributed by atoms with E-state index in [9.17, 15) is 9.90 Å². The number of carbonyl (C=O) groups is 1. The van der Waals surface area contributed by atoms with Gasteiger partial charge in [0.2, 0.25) is 0 Å². The zero-order chi connectivity index (χ0) is 13.7. The van der Waals surface area contributed by atoms with Gasteiger partial charge in [0.05, 0.1) is 12.6 Å². The number of hydrogen-bond acceptors (Lipinski definition) is 3. The molecule has 0 radical (unpaired) electrons. The van der Waals surface area contributed by atoms with Gasteiger partial charge in [-0.3, -0.25) is 9.78 Å². The van der Waals surface area contributed by atoms with Gasteiger partial charge in [0, 0.05) is 17.5 Å². The van der Waals surface area contributed by atoms with Gasteiger partial charge in [-0.25, -0.2) is 0 Å². The summed E-state index contributed by atoms with van der Waals surface area (Å²) < 4.78 is 0. The number of aliphatic hydroxyl groups is 1. The summed E-state index contributed by atoms with van der Waals surface area (Å²) in [5, 5.41) is 12.2. The van der Waals surface area contributed by atoms with Crippen molar-refractivity contribution in [3.05, 3.63) is 65.5 Å². The molecule has 1 heterocycles. The second-order valence-corrected chi connectivity index (χ2v) is 4.31. The molecule has 0 spiro atoms. The minimum Gasteiger partial charge on any atom is -0.394 e. The molecule has 98 valence electrons. The lowest BCUT2D eigenvalue weighted by atomic mass is 10.1. The van der Waals surface area contributed by atoms with E-state index in [2.05, 4.69) is 10.3 Å². The van der Waals surface area contributed by atoms with Crippen molar-refractivity contribution in [2.45, 2.75) is 13.0 Å². The van der Waals surface area contributed by atoms with Gasteiger partial charge in [0.1, 0.15) is 0 Å². The fourth-order valence-electron chi connectivity index (χ4n) is 1.85. The molecule has 1 aromatic heterocycles. The van der Waals surface area contributed by atoms with E-state index in [-0.39, 0.29) is 12.5 Å². The molecule has 0 aliphatic carbocycles. The predicted molar refractivity (Wildman–Crippen MR) is 72.7 cm³/mol. The highest BCUT2D eigenvalue weighted by Gasteiger charge is 2.14. The van der Waals surface area contributed by atoms with E-state index in [0.717, 1.165) is 11.3 Å². The molecule has 4 heteroatoms. The van der Waals surface area contributed by atoms with Crippen LogP contribution in [0, 0.1) is 6.92 Å². The number of nitrogens with zero attached hydrogens (tertiary/aromatic N) is 1. The minimum absolute atomic E-state index is 0.139. The van der Waals surface area contributed by atoms with E-state index < -0.39 is 6.04 Å². The number of hydrogen-bond donors (Lipinski definition) is 2. The number of carbonyl (C=O) groups excluding carboxylic acids is 1. The normalized spacial score (nSPS) is 11.9. The first-order valence-electron chi connectivity index (χ1n) is 6.10. The highest BCUT2D eigenvalue weighted by atomic mass is 16.3. The molecule has 19 heavy (non-hydrogen) atoms. The van der Waals surface area contributed by atoms with Crippen molar-refractivity contribution in [1.29, 1.82) is 0 Å². The Morgan fingerprint density at radius 3 is 2.68 bits per heavy atom. The predicted octanol–water partition coefficient (Wildman–Crippen LogP) is 1.85. The summed E-state index contributed by atoms with van der Waals surface area (Å²) in [5.74, 6) is -0.214. The van der Waals surface area contributed by atoms with Crippen molar-refractivity contribution >= 4 is 5.91 Å². The van der Waals surface area contributed by atoms with Gasteiger partial charge in [0.25, 0.3) is 5.91 Å². The quantitative estimate of drug-likeness (QED) is 0.877. The van der Waals surface area contributed by atoms with Gasteiger partial charge in [-0.15, -0.1) is 0 Å². The Bertz CT molecular complexity index is 555. The SMILES string of the molecule is Cc1cc(C(=O)N[C@H](CO)c2ccccc2)ccn1. The lowest BCUT2D eigenvalue weighted by molar-refractivity contribution is 0.0916. The molecular weight excluding hydrogens is 240 g/mol. The first-order chi connectivity index (χ1) is 9.20. The van der Waals surface area contributed by atoms with Gasteiger partial charge in [0.15, 0.2) is 0 Å². The van der Waals surface area contributed by atoms with Crippen LogP contribution in [0.2, 0.25) is 0 Å². The maximum absolute atomic E-state index is 12.1. The van der Waals surface area contributed by atoms with Crippen molar-refractivity contribution in [2.24, 2.45) is 0 Å². The number of benzene rings is 1. The van der Waals surface area contributed by atoms with Crippen LogP contribution < -0.4 is 5.32 Å². The van der Waals surface area contributed by atoms with Crippen molar-refractivity contribution in [1.82, 2.24) is 10.3 Å². The smallest absolute Gasteiger partial charge is 0.251 e. The van der Waals surface area contributed by atoms with E-state index in [1.807, 2.05) is 37.3 Å². The zero-order valence-electron chi connectivity index (χ0n) is 10.7. The van der Waals surface area contributed by atoms with Crippen LogP contribution in [0.15, 0.2) is 48.7 Å². The monoisotopic (exact) mass is 256 g/mol. The van der Waals surface area contributed by atoms with Crippen LogP contribution >= 0.6 is 0 Å². The molecule has 2 N–H and O–H groups in total. The molecule has 1 amide bonds. The van der Waals surface area contributed by atoms with Crippen LogP contribution in [0.3, 0.4) is 0 Å². The van der Waals surface area contributed by atoms with Crippen LogP contribution in [-0.4, -0.2) is 22.6 Å². The van der Waals surface area contributed by atoms with Gasteiger partial charge in [-0.2, -0.15) is 0 Å². The molecule has 1 atom stereocenters. The Hall–Kier alpha value is -2.20. The molecule has 0 saturated carbocycles. The summed E-state index contributed by atoms with van der Waals surface area (Å²) in [7, 11) is 0. The van der Waals surface area contributed by atoms with Crippen molar-refractivity contribution < 1.29 is 9.90 Å². The number of nitrogens with one attached hydrogen (secondary N) is 1. The van der Waals surface area contributed by atoms with Gasteiger partial charge < -0.3 is 10.4 Å².